The molecule has 19 heavy (non-hydrogen) atoms. The molecule has 3 nitrogen and oxygen atoms in total. The molecule has 2 aromatic carbocycles. The van der Waals surface area contributed by atoms with Gasteiger partial charge in [-0.05, 0) is 48.5 Å². The van der Waals surface area contributed by atoms with Gasteiger partial charge in [-0.25, -0.2) is 0 Å². The van der Waals surface area contributed by atoms with Gasteiger partial charge in [0.25, 0.3) is 0 Å². The SMILES string of the molecule is COc1ccc(C(=O)CNc2ccc(Cl)cc2)cc1. The standard InChI is InChI=1S/C15H14ClNO2/c1-19-14-8-2-11(3-9-14)15(18)10-17-13-6-4-12(16)5-7-13/h2-9,17H,10H2,1H3. The highest BCUT2D eigenvalue weighted by atomic mass is 35.5. The lowest BCUT2D eigenvalue weighted by Gasteiger charge is -2.06. The van der Waals surface area contributed by atoms with Crippen LogP contribution in [0.3, 0.4) is 0 Å². The fourth-order valence-corrected chi connectivity index (χ4v) is 1.76. The van der Waals surface area contributed by atoms with Crippen molar-refractivity contribution in [2.45, 2.75) is 0 Å². The number of anilines is 1. The fourth-order valence-electron chi connectivity index (χ4n) is 1.63. The first kappa shape index (κ1) is 13.4. The summed E-state index contributed by atoms with van der Waals surface area (Å²) in [6.07, 6.45) is 0. The van der Waals surface area contributed by atoms with E-state index in [1.54, 1.807) is 43.5 Å². The Bertz CT molecular complexity index is 549. The minimum atomic E-state index is 0.0256. The number of carbonyl (C=O) groups is 1. The van der Waals surface area contributed by atoms with Gasteiger partial charge in [0.2, 0.25) is 0 Å². The van der Waals surface area contributed by atoms with Gasteiger partial charge >= 0.3 is 0 Å². The molecule has 0 spiro atoms. The number of Topliss-reactive ketones (excluding diaryl/α,β-unsaturated/α-hetero) is 1. The zero-order valence-corrected chi connectivity index (χ0v) is 11.3. The Morgan fingerprint density at radius 2 is 1.74 bits per heavy atom. The highest BCUT2D eigenvalue weighted by Crippen LogP contribution is 2.14. The Labute approximate surface area is 117 Å². The van der Waals surface area contributed by atoms with E-state index in [1.807, 2.05) is 12.1 Å². The van der Waals surface area contributed by atoms with Crippen molar-refractivity contribution in [3.05, 3.63) is 59.1 Å². The molecule has 2 aromatic rings. The first-order chi connectivity index (χ1) is 9.19. The van der Waals surface area contributed by atoms with Gasteiger partial charge in [-0.1, -0.05) is 11.6 Å². The van der Waals surface area contributed by atoms with Crippen molar-refractivity contribution >= 4 is 23.1 Å². The maximum Gasteiger partial charge on any atom is 0.181 e. The highest BCUT2D eigenvalue weighted by Gasteiger charge is 2.05. The Kier molecular flexibility index (Phi) is 4.42. The van der Waals surface area contributed by atoms with E-state index in [9.17, 15) is 4.79 Å². The molecule has 0 atom stereocenters. The maximum absolute atomic E-state index is 12.0. The smallest absolute Gasteiger partial charge is 0.181 e. The van der Waals surface area contributed by atoms with E-state index in [-0.39, 0.29) is 12.3 Å². The molecule has 0 saturated carbocycles. The molecule has 0 bridgehead atoms. The molecule has 0 unspecified atom stereocenters. The molecule has 0 fully saturated rings. The van der Waals surface area contributed by atoms with E-state index in [4.69, 9.17) is 16.3 Å². The van der Waals surface area contributed by atoms with Gasteiger partial charge in [-0.3, -0.25) is 4.79 Å². The van der Waals surface area contributed by atoms with Crippen molar-refractivity contribution in [2.24, 2.45) is 0 Å². The maximum atomic E-state index is 12.0. The summed E-state index contributed by atoms with van der Waals surface area (Å²) < 4.78 is 5.05. The van der Waals surface area contributed by atoms with E-state index in [2.05, 4.69) is 5.32 Å². The molecule has 1 N–H and O–H groups in total. The van der Waals surface area contributed by atoms with E-state index < -0.39 is 0 Å². The minimum absolute atomic E-state index is 0.0256. The number of carbonyl (C=O) groups excluding carboxylic acids is 1. The van der Waals surface area contributed by atoms with Crippen LogP contribution in [0, 0.1) is 0 Å². The normalized spacial score (nSPS) is 10.0. The van der Waals surface area contributed by atoms with Crippen LogP contribution in [0.2, 0.25) is 5.02 Å². The van der Waals surface area contributed by atoms with Crippen LogP contribution in [0.1, 0.15) is 10.4 Å². The second kappa shape index (κ2) is 6.25. The van der Waals surface area contributed by atoms with Crippen molar-refractivity contribution in [1.29, 1.82) is 0 Å². The lowest BCUT2D eigenvalue weighted by Crippen LogP contribution is -2.13. The van der Waals surface area contributed by atoms with Crippen molar-refractivity contribution in [1.82, 2.24) is 0 Å². The van der Waals surface area contributed by atoms with Crippen LogP contribution >= 0.6 is 11.6 Å². The third-order valence-corrected chi connectivity index (χ3v) is 2.96. The number of methoxy groups -OCH3 is 1. The van der Waals surface area contributed by atoms with Crippen LogP contribution in [0.4, 0.5) is 5.69 Å². The van der Waals surface area contributed by atoms with E-state index in [0.29, 0.717) is 10.6 Å². The molecule has 0 aromatic heterocycles. The zero-order valence-electron chi connectivity index (χ0n) is 10.5. The lowest BCUT2D eigenvalue weighted by atomic mass is 10.1. The highest BCUT2D eigenvalue weighted by molar-refractivity contribution is 6.30. The predicted octanol–water partition coefficient (Wildman–Crippen LogP) is 3.64. The Morgan fingerprint density at radius 1 is 1.11 bits per heavy atom. The molecule has 0 radical (unpaired) electrons. The van der Waals surface area contributed by atoms with Crippen LogP contribution in [-0.4, -0.2) is 19.4 Å². The van der Waals surface area contributed by atoms with Crippen LogP contribution in [-0.2, 0) is 0 Å². The molecule has 2 rings (SSSR count). The van der Waals surface area contributed by atoms with Crippen molar-refractivity contribution in [3.8, 4) is 5.75 Å². The summed E-state index contributed by atoms with van der Waals surface area (Å²) in [7, 11) is 1.60. The molecular formula is C15H14ClNO2. The van der Waals surface area contributed by atoms with Gasteiger partial charge in [-0.2, -0.15) is 0 Å². The molecule has 0 aliphatic heterocycles. The fraction of sp³-hybridized carbons (Fsp3) is 0.133. The Morgan fingerprint density at radius 3 is 2.32 bits per heavy atom. The van der Waals surface area contributed by atoms with Crippen LogP contribution in [0.25, 0.3) is 0 Å². The first-order valence-electron chi connectivity index (χ1n) is 5.86. The van der Waals surface area contributed by atoms with E-state index in [1.165, 1.54) is 0 Å². The number of halogens is 1. The summed E-state index contributed by atoms with van der Waals surface area (Å²) in [5.74, 6) is 0.764. The van der Waals surface area contributed by atoms with Crippen LogP contribution in [0.15, 0.2) is 48.5 Å². The predicted molar refractivity (Wildman–Crippen MR) is 77.3 cm³/mol. The molecule has 98 valence electrons. The Balaban J connectivity index is 1.95. The number of ether oxygens (including phenoxy) is 1. The zero-order chi connectivity index (χ0) is 13.7. The summed E-state index contributed by atoms with van der Waals surface area (Å²) >= 11 is 5.79. The van der Waals surface area contributed by atoms with Crippen LogP contribution < -0.4 is 10.1 Å². The minimum Gasteiger partial charge on any atom is -0.497 e. The van der Waals surface area contributed by atoms with Crippen molar-refractivity contribution in [3.63, 3.8) is 0 Å². The molecule has 0 aliphatic rings. The average Bonchev–Trinajstić information content (AvgIpc) is 2.46. The number of hydrogen-bond donors (Lipinski definition) is 1. The monoisotopic (exact) mass is 275 g/mol. The largest absolute Gasteiger partial charge is 0.497 e. The van der Waals surface area contributed by atoms with E-state index >= 15 is 0 Å². The van der Waals surface area contributed by atoms with Gasteiger partial charge in [0.05, 0.1) is 13.7 Å². The molecule has 0 amide bonds. The van der Waals surface area contributed by atoms with Gasteiger partial charge < -0.3 is 10.1 Å². The summed E-state index contributed by atoms with van der Waals surface area (Å²) in [6.45, 7) is 0.244. The summed E-state index contributed by atoms with van der Waals surface area (Å²) in [4.78, 5) is 12.0. The van der Waals surface area contributed by atoms with Gasteiger partial charge in [0.1, 0.15) is 5.75 Å². The van der Waals surface area contributed by atoms with Crippen molar-refractivity contribution in [2.75, 3.05) is 19.0 Å². The Hall–Kier alpha value is -2.00. The summed E-state index contributed by atoms with van der Waals surface area (Å²) in [6, 6.07) is 14.3. The third kappa shape index (κ3) is 3.73. The number of rotatable bonds is 5. The van der Waals surface area contributed by atoms with Gasteiger partial charge in [0.15, 0.2) is 5.78 Å². The topological polar surface area (TPSA) is 38.3 Å². The average molecular weight is 276 g/mol. The molecule has 0 saturated heterocycles. The second-order valence-electron chi connectivity index (χ2n) is 4.01. The number of ketones is 1. The number of benzene rings is 2. The summed E-state index contributed by atoms with van der Waals surface area (Å²) in [5.41, 5.74) is 1.52. The lowest BCUT2D eigenvalue weighted by molar-refractivity contribution is 0.101. The van der Waals surface area contributed by atoms with Crippen molar-refractivity contribution < 1.29 is 9.53 Å². The number of nitrogens with one attached hydrogen (secondary N) is 1. The molecular weight excluding hydrogens is 262 g/mol. The van der Waals surface area contributed by atoms with Gasteiger partial charge in [-0.15, -0.1) is 0 Å². The number of hydrogen-bond acceptors (Lipinski definition) is 3. The van der Waals surface area contributed by atoms with Crippen LogP contribution in [0.5, 0.6) is 5.75 Å². The molecule has 0 aliphatic carbocycles. The quantitative estimate of drug-likeness (QED) is 0.847. The first-order valence-corrected chi connectivity index (χ1v) is 6.23. The molecule has 4 heteroatoms. The van der Waals surface area contributed by atoms with Gasteiger partial charge in [0, 0.05) is 16.3 Å². The third-order valence-electron chi connectivity index (χ3n) is 2.71. The van der Waals surface area contributed by atoms with E-state index in [0.717, 1.165) is 11.4 Å². The summed E-state index contributed by atoms with van der Waals surface area (Å²) in [5, 5.41) is 3.73. The second-order valence-corrected chi connectivity index (χ2v) is 4.45. The molecule has 0 heterocycles.